The molecule has 1 atom stereocenters. The van der Waals surface area contributed by atoms with Crippen molar-refractivity contribution in [1.29, 1.82) is 0 Å². The second kappa shape index (κ2) is 4.73. The number of rotatable bonds is 3. The summed E-state index contributed by atoms with van der Waals surface area (Å²) in [4.78, 5) is 0. The second-order valence-electron chi connectivity index (χ2n) is 1.48. The van der Waals surface area contributed by atoms with Gasteiger partial charge in [-0.1, -0.05) is 37.0 Å². The zero-order valence-electron chi connectivity index (χ0n) is 4.95. The molecular weight excluding hydrogens is 150 g/mol. The Balaban J connectivity index is 3.75. The van der Waals surface area contributed by atoms with Gasteiger partial charge in [-0.25, -0.2) is 0 Å². The van der Waals surface area contributed by atoms with Crippen molar-refractivity contribution in [1.82, 2.24) is 0 Å². The largest absolute Gasteiger partial charge is 0.320 e. The van der Waals surface area contributed by atoms with Crippen LogP contribution in [-0.4, -0.2) is 10.2 Å². The fourth-order valence-electron chi connectivity index (χ4n) is 0.281. The Kier molecular flexibility index (Phi) is 4.67. The molecule has 0 spiro atoms. The van der Waals surface area contributed by atoms with Gasteiger partial charge in [-0.2, -0.15) is 0 Å². The minimum absolute atomic E-state index is 0.235. The molecule has 0 aromatic carbocycles. The van der Waals surface area contributed by atoms with Crippen LogP contribution in [0.5, 0.6) is 0 Å². The Morgan fingerprint density at radius 3 is 2.67 bits per heavy atom. The van der Waals surface area contributed by atoms with Gasteiger partial charge in [0.2, 0.25) is 0 Å². The van der Waals surface area contributed by atoms with Gasteiger partial charge in [0.1, 0.15) is 0 Å². The maximum atomic E-state index is 5.45. The van der Waals surface area contributed by atoms with Crippen molar-refractivity contribution in [2.24, 2.45) is 5.73 Å². The van der Waals surface area contributed by atoms with Crippen LogP contribution < -0.4 is 5.73 Å². The smallest absolute Gasteiger partial charge is 0.0655 e. The predicted octanol–water partition coefficient (Wildman–Crippen LogP) is 1.31. The van der Waals surface area contributed by atoms with Crippen molar-refractivity contribution in [3.63, 3.8) is 0 Å². The first-order valence-electron chi connectivity index (χ1n) is 2.46. The summed E-state index contributed by atoms with van der Waals surface area (Å²) in [6.45, 7) is 3.48. The summed E-state index contributed by atoms with van der Waals surface area (Å²) >= 11 is 8.57. The summed E-state index contributed by atoms with van der Waals surface area (Å²) in [5, 5.41) is 0. The van der Waals surface area contributed by atoms with Crippen LogP contribution in [0, 0.1) is 0 Å². The van der Waals surface area contributed by atoms with Gasteiger partial charge in [0.15, 0.2) is 0 Å². The first kappa shape index (κ1) is 8.88. The molecule has 0 saturated heterocycles. The van der Waals surface area contributed by atoms with Crippen molar-refractivity contribution in [2.75, 3.05) is 0 Å². The highest BCUT2D eigenvalue weighted by atomic mass is 32.1. The molecule has 0 amide bonds. The van der Waals surface area contributed by atoms with Crippen molar-refractivity contribution in [2.45, 2.75) is 6.04 Å². The lowest BCUT2D eigenvalue weighted by Gasteiger charge is -1.98. The van der Waals surface area contributed by atoms with Gasteiger partial charge in [0, 0.05) is 0 Å². The number of thiocarbonyl (C=S) groups is 1. The van der Waals surface area contributed by atoms with Crippen molar-refractivity contribution >= 4 is 29.0 Å². The number of hydrogen-bond acceptors (Lipinski definition) is 2. The second-order valence-corrected chi connectivity index (χ2v) is 2.71. The molecule has 0 aliphatic carbocycles. The lowest BCUT2D eigenvalue weighted by atomic mass is 10.3. The first-order chi connectivity index (χ1) is 4.18. The molecule has 50 valence electrons. The average Bonchev–Trinajstić information content (AvgIpc) is 1.82. The molecule has 0 aromatic heterocycles. The Bertz CT molecular complexity index is 140. The summed E-state index contributed by atoms with van der Waals surface area (Å²) in [7, 11) is 0. The SMILES string of the molecule is C=C/C=C\C(N)C(=S)S. The molecule has 0 aliphatic rings. The van der Waals surface area contributed by atoms with Gasteiger partial charge in [-0.15, -0.1) is 12.6 Å². The summed E-state index contributed by atoms with van der Waals surface area (Å²) < 4.78 is 0.494. The van der Waals surface area contributed by atoms with Crippen LogP contribution in [-0.2, 0) is 0 Å². The number of hydrogen-bond donors (Lipinski definition) is 2. The van der Waals surface area contributed by atoms with Gasteiger partial charge in [0.05, 0.1) is 10.2 Å². The maximum Gasteiger partial charge on any atom is 0.0655 e. The van der Waals surface area contributed by atoms with E-state index in [-0.39, 0.29) is 6.04 Å². The minimum atomic E-state index is -0.235. The quantitative estimate of drug-likeness (QED) is 0.369. The highest BCUT2D eigenvalue weighted by Gasteiger charge is 1.96. The molecule has 1 unspecified atom stereocenters. The van der Waals surface area contributed by atoms with Crippen molar-refractivity contribution in [3.8, 4) is 0 Å². The third-order valence-corrected chi connectivity index (χ3v) is 1.31. The highest BCUT2D eigenvalue weighted by molar-refractivity contribution is 8.11. The molecule has 0 radical (unpaired) electrons. The van der Waals surface area contributed by atoms with Gasteiger partial charge in [-0.05, 0) is 0 Å². The van der Waals surface area contributed by atoms with E-state index in [0.717, 1.165) is 0 Å². The standard InChI is InChI=1S/C6H9NS2/c1-2-3-4-5(7)6(8)9/h2-5H,1,7H2,(H,8,9)/b4-3-. The number of nitrogens with two attached hydrogens (primary N) is 1. The molecule has 0 heterocycles. The molecule has 9 heavy (non-hydrogen) atoms. The molecule has 0 fully saturated rings. The Morgan fingerprint density at radius 2 is 2.33 bits per heavy atom. The van der Waals surface area contributed by atoms with Crippen LogP contribution in [0.4, 0.5) is 0 Å². The topological polar surface area (TPSA) is 26.0 Å². The average molecular weight is 159 g/mol. The van der Waals surface area contributed by atoms with Gasteiger partial charge in [-0.3, -0.25) is 0 Å². The van der Waals surface area contributed by atoms with E-state index in [0.29, 0.717) is 4.20 Å². The third kappa shape index (κ3) is 4.39. The van der Waals surface area contributed by atoms with Gasteiger partial charge < -0.3 is 5.73 Å². The molecule has 0 rings (SSSR count). The molecule has 1 nitrogen and oxygen atoms in total. The monoisotopic (exact) mass is 159 g/mol. The summed E-state index contributed by atoms with van der Waals surface area (Å²) in [6.07, 6.45) is 5.13. The van der Waals surface area contributed by atoms with Crippen LogP contribution in [0.2, 0.25) is 0 Å². The van der Waals surface area contributed by atoms with Crippen LogP contribution in [0.1, 0.15) is 0 Å². The summed E-state index contributed by atoms with van der Waals surface area (Å²) in [6, 6.07) is -0.235. The third-order valence-electron chi connectivity index (χ3n) is 0.740. The van der Waals surface area contributed by atoms with E-state index in [9.17, 15) is 0 Å². The van der Waals surface area contributed by atoms with Crippen LogP contribution in [0.25, 0.3) is 0 Å². The minimum Gasteiger partial charge on any atom is -0.320 e. The maximum absolute atomic E-state index is 5.45. The highest BCUT2D eigenvalue weighted by Crippen LogP contribution is 1.91. The van der Waals surface area contributed by atoms with E-state index in [1.807, 2.05) is 0 Å². The molecule has 0 saturated carbocycles. The molecule has 2 N–H and O–H groups in total. The predicted molar refractivity (Wildman–Crippen MR) is 48.9 cm³/mol. The van der Waals surface area contributed by atoms with Crippen molar-refractivity contribution < 1.29 is 0 Å². The fourth-order valence-corrected chi connectivity index (χ4v) is 0.445. The molecule has 0 aliphatic heterocycles. The van der Waals surface area contributed by atoms with Gasteiger partial charge in [0.25, 0.3) is 0 Å². The molecule has 0 bridgehead atoms. The molecular formula is C6H9NS2. The summed E-state index contributed by atoms with van der Waals surface area (Å²) in [5.74, 6) is 0. The number of allylic oxidation sites excluding steroid dienone is 2. The number of thiol groups is 1. The van der Waals surface area contributed by atoms with Crippen LogP contribution in [0.15, 0.2) is 24.8 Å². The van der Waals surface area contributed by atoms with Crippen LogP contribution >= 0.6 is 24.8 Å². The zero-order chi connectivity index (χ0) is 7.28. The van der Waals surface area contributed by atoms with E-state index in [2.05, 4.69) is 31.4 Å². The van der Waals surface area contributed by atoms with Crippen molar-refractivity contribution in [3.05, 3.63) is 24.8 Å². The molecule has 0 aromatic rings. The van der Waals surface area contributed by atoms with E-state index in [1.165, 1.54) is 0 Å². The summed E-state index contributed by atoms with van der Waals surface area (Å²) in [5.41, 5.74) is 5.45. The normalized spacial score (nSPS) is 13.6. The lowest BCUT2D eigenvalue weighted by molar-refractivity contribution is 1.12. The molecule has 3 heteroatoms. The Hall–Kier alpha value is -0.120. The van der Waals surface area contributed by atoms with E-state index < -0.39 is 0 Å². The Morgan fingerprint density at radius 1 is 1.78 bits per heavy atom. The van der Waals surface area contributed by atoms with Gasteiger partial charge >= 0.3 is 0 Å². The van der Waals surface area contributed by atoms with E-state index in [4.69, 9.17) is 5.73 Å². The first-order valence-corrected chi connectivity index (χ1v) is 3.31. The fraction of sp³-hybridized carbons (Fsp3) is 0.167. The Labute approximate surface area is 66.0 Å². The van der Waals surface area contributed by atoms with Crippen LogP contribution in [0.3, 0.4) is 0 Å². The van der Waals surface area contributed by atoms with E-state index in [1.54, 1.807) is 18.2 Å². The lowest BCUT2D eigenvalue weighted by Crippen LogP contribution is -2.22. The van der Waals surface area contributed by atoms with E-state index >= 15 is 0 Å². The zero-order valence-corrected chi connectivity index (χ0v) is 6.66.